The van der Waals surface area contributed by atoms with E-state index in [1.807, 2.05) is 20.8 Å². The molecule has 0 fully saturated rings. The van der Waals surface area contributed by atoms with Gasteiger partial charge < -0.3 is 4.55 Å². The molecular formula is C10H23N3O4S. The second kappa shape index (κ2) is 5.31. The Morgan fingerprint density at radius 3 is 1.83 bits per heavy atom. The molecule has 0 saturated heterocycles. The lowest BCUT2D eigenvalue weighted by atomic mass is 10.1. The summed E-state index contributed by atoms with van der Waals surface area (Å²) in [5, 5.41) is 5.83. The normalized spacial score (nSPS) is 14.9. The fourth-order valence-corrected chi connectivity index (χ4v) is 1.63. The van der Waals surface area contributed by atoms with E-state index in [9.17, 15) is 13.0 Å². The molecule has 0 atom stereocenters. The molecule has 0 unspecified atom stereocenters. The average Bonchev–Trinajstić information content (AvgIpc) is 2.06. The number of guanidine groups is 1. The summed E-state index contributed by atoms with van der Waals surface area (Å²) in [6, 6.07) is 0. The van der Waals surface area contributed by atoms with Gasteiger partial charge in [0.1, 0.15) is 5.54 Å². The Kier molecular flexibility index (Phi) is 5.01. The maximum Gasteiger partial charge on any atom is 0.384 e. The molecule has 0 aliphatic rings. The van der Waals surface area contributed by atoms with E-state index in [-0.39, 0.29) is 5.54 Å². The lowest BCUT2D eigenvalue weighted by molar-refractivity contribution is -0.796. The van der Waals surface area contributed by atoms with Crippen LogP contribution in [0.3, 0.4) is 0 Å². The van der Waals surface area contributed by atoms with Gasteiger partial charge in [-0.3, -0.25) is 10.6 Å². The van der Waals surface area contributed by atoms with Crippen molar-refractivity contribution in [2.45, 2.75) is 52.6 Å². The lowest BCUT2D eigenvalue weighted by Gasteiger charge is -2.27. The quantitative estimate of drug-likeness (QED) is 0.187. The highest BCUT2D eigenvalue weighted by Crippen LogP contribution is 2.10. The molecule has 0 amide bonds. The lowest BCUT2D eigenvalue weighted by Crippen LogP contribution is -2.55. The Hall–Kier alpha value is -1.02. The Labute approximate surface area is 109 Å². The van der Waals surface area contributed by atoms with Crippen molar-refractivity contribution < 1.29 is 22.0 Å². The number of nitrogens with one attached hydrogen (secondary N) is 2. The van der Waals surface area contributed by atoms with Crippen LogP contribution in [0, 0.1) is 0 Å². The third-order valence-electron chi connectivity index (χ3n) is 1.71. The summed E-state index contributed by atoms with van der Waals surface area (Å²) in [6.45, 7) is 10.9. The van der Waals surface area contributed by atoms with Crippen LogP contribution in [-0.4, -0.2) is 41.8 Å². The molecule has 8 heteroatoms. The molecule has 2 N–H and O–H groups in total. The van der Waals surface area contributed by atoms with Crippen molar-refractivity contribution in [1.29, 1.82) is 0 Å². The molecule has 0 aromatic rings. The fraction of sp³-hybridized carbons (Fsp3) is 0.900. The zero-order valence-corrected chi connectivity index (χ0v) is 12.8. The van der Waals surface area contributed by atoms with Gasteiger partial charge in [0.25, 0.3) is 10.4 Å². The molecule has 0 aliphatic heterocycles. The van der Waals surface area contributed by atoms with Gasteiger partial charge in [0.15, 0.2) is 0 Å². The van der Waals surface area contributed by atoms with E-state index in [0.717, 1.165) is 4.74 Å². The van der Waals surface area contributed by atoms with Crippen molar-refractivity contribution in [3.8, 4) is 0 Å². The maximum atomic E-state index is 10.8. The molecule has 0 aliphatic carbocycles. The summed E-state index contributed by atoms with van der Waals surface area (Å²) < 4.78 is 37.9. The van der Waals surface area contributed by atoms with E-state index in [1.165, 1.54) is 0 Å². The number of hydrogen-bond acceptors (Lipinski definition) is 4. The van der Waals surface area contributed by atoms with E-state index in [2.05, 4.69) is 14.9 Å². The maximum absolute atomic E-state index is 10.8. The van der Waals surface area contributed by atoms with Gasteiger partial charge in [-0.05, 0) is 41.5 Å². The summed E-state index contributed by atoms with van der Waals surface area (Å²) in [5.41, 5.74) is -1.04. The summed E-state index contributed by atoms with van der Waals surface area (Å²) >= 11 is 0. The number of hydroxylamine groups is 1. The van der Waals surface area contributed by atoms with E-state index in [4.69, 9.17) is 0 Å². The monoisotopic (exact) mass is 281 g/mol. The first-order valence-corrected chi connectivity index (χ1v) is 6.88. The first-order chi connectivity index (χ1) is 7.76. The van der Waals surface area contributed by atoms with Gasteiger partial charge in [-0.25, -0.2) is 4.28 Å². The van der Waals surface area contributed by atoms with Gasteiger partial charge in [0.2, 0.25) is 0 Å². The smallest absolute Gasteiger partial charge is 0.384 e. The van der Waals surface area contributed by atoms with Gasteiger partial charge in [-0.15, -0.1) is 0 Å². The van der Waals surface area contributed by atoms with Gasteiger partial charge >= 0.3 is 5.96 Å². The van der Waals surface area contributed by atoms with E-state index in [0.29, 0.717) is 5.96 Å². The Balaban J connectivity index is 5.62. The van der Waals surface area contributed by atoms with Crippen LogP contribution < -0.4 is 10.6 Å². The van der Waals surface area contributed by atoms with E-state index < -0.39 is 15.9 Å². The second-order valence-corrected chi connectivity index (χ2v) is 6.89. The Morgan fingerprint density at radius 2 is 1.61 bits per heavy atom. The van der Waals surface area contributed by atoms with Gasteiger partial charge in [-0.2, -0.15) is 8.42 Å². The molecule has 18 heavy (non-hydrogen) atoms. The Morgan fingerprint density at radius 1 is 1.17 bits per heavy atom. The summed E-state index contributed by atoms with van der Waals surface area (Å²) in [6.07, 6.45) is 0. The van der Waals surface area contributed by atoms with Gasteiger partial charge in [0, 0.05) is 0 Å². The van der Waals surface area contributed by atoms with Crippen molar-refractivity contribution in [3.63, 3.8) is 0 Å². The summed E-state index contributed by atoms with van der Waals surface area (Å²) in [5.74, 6) is 0.300. The van der Waals surface area contributed by atoms with E-state index in [1.54, 1.807) is 27.8 Å². The standard InChI is InChI=1S/C10H23N3O4S/c1-9(2,3)12-8(11-7)13(10(4,5)6)17-18(14,15)16/h1-7H3,(H2,11,12,14,15,16). The van der Waals surface area contributed by atoms with Gasteiger partial charge in [0.05, 0.1) is 12.6 Å². The first-order valence-electron chi connectivity index (χ1n) is 5.55. The molecule has 0 aromatic carbocycles. The predicted octanol–water partition coefficient (Wildman–Crippen LogP) is 0.153. The Bertz CT molecular complexity index is 415. The topological polar surface area (TPSA) is 93.5 Å². The highest BCUT2D eigenvalue weighted by molar-refractivity contribution is 7.80. The van der Waals surface area contributed by atoms with Crippen LogP contribution in [0.1, 0.15) is 41.5 Å². The fourth-order valence-electron chi connectivity index (χ4n) is 1.15. The van der Waals surface area contributed by atoms with Crippen LogP contribution in [0.5, 0.6) is 0 Å². The summed E-state index contributed by atoms with van der Waals surface area (Å²) in [4.78, 5) is 0. The number of rotatable bonds is 2. The van der Waals surface area contributed by atoms with Crippen molar-refractivity contribution in [1.82, 2.24) is 10.6 Å². The highest BCUT2D eigenvalue weighted by atomic mass is 32.3. The van der Waals surface area contributed by atoms with Crippen LogP contribution in [0.15, 0.2) is 0 Å². The van der Waals surface area contributed by atoms with Crippen molar-refractivity contribution in [3.05, 3.63) is 0 Å². The third-order valence-corrected chi connectivity index (χ3v) is 2.04. The van der Waals surface area contributed by atoms with Crippen molar-refractivity contribution in [2.75, 3.05) is 7.05 Å². The first kappa shape index (κ1) is 17.0. The summed E-state index contributed by atoms with van der Waals surface area (Å²) in [7, 11) is -3.24. The molecule has 108 valence electrons. The van der Waals surface area contributed by atoms with Crippen LogP contribution in [-0.2, 0) is 14.7 Å². The largest absolute Gasteiger partial charge is 0.713 e. The second-order valence-electron chi connectivity index (χ2n) is 5.92. The van der Waals surface area contributed by atoms with E-state index >= 15 is 0 Å². The zero-order valence-electron chi connectivity index (χ0n) is 12.0. The minimum atomic E-state index is -4.84. The molecule has 0 aromatic heterocycles. The van der Waals surface area contributed by atoms with Crippen LogP contribution in [0.2, 0.25) is 0 Å². The molecule has 7 nitrogen and oxygen atoms in total. The predicted molar refractivity (Wildman–Crippen MR) is 67.8 cm³/mol. The molecule has 0 bridgehead atoms. The third kappa shape index (κ3) is 6.65. The molecule has 0 heterocycles. The van der Waals surface area contributed by atoms with Crippen LogP contribution in [0.4, 0.5) is 0 Å². The minimum Gasteiger partial charge on any atom is -0.713 e. The molecular weight excluding hydrogens is 258 g/mol. The zero-order chi connectivity index (χ0) is 14.8. The number of hydrogen-bond donors (Lipinski definition) is 2. The van der Waals surface area contributed by atoms with Crippen molar-refractivity contribution >= 4 is 16.4 Å². The molecule has 0 rings (SSSR count). The minimum absolute atomic E-state index is 0.300. The molecule has 0 saturated carbocycles. The SMILES string of the molecule is CN/C(NC(C)(C)C)=[N+](\OS(=O)(=O)[O-])C(C)(C)C. The average molecular weight is 281 g/mol. The number of nitrogens with zero attached hydrogens (tertiary/aromatic N) is 1. The highest BCUT2D eigenvalue weighted by Gasteiger charge is 2.30. The molecule has 0 spiro atoms. The van der Waals surface area contributed by atoms with Crippen LogP contribution >= 0.6 is 0 Å². The molecule has 0 radical (unpaired) electrons. The van der Waals surface area contributed by atoms with Gasteiger partial charge in [-0.1, -0.05) is 4.74 Å². The van der Waals surface area contributed by atoms with Crippen LogP contribution in [0.25, 0.3) is 0 Å². The van der Waals surface area contributed by atoms with Crippen molar-refractivity contribution in [2.24, 2.45) is 0 Å².